The van der Waals surface area contributed by atoms with Crippen LogP contribution in [0, 0.1) is 0 Å². The summed E-state index contributed by atoms with van der Waals surface area (Å²) in [4.78, 5) is 24.3. The van der Waals surface area contributed by atoms with E-state index in [4.69, 9.17) is 4.74 Å². The Balaban J connectivity index is 1.76. The van der Waals surface area contributed by atoms with Gasteiger partial charge in [-0.15, -0.1) is 0 Å². The number of carbonyl (C=O) groups is 1. The predicted molar refractivity (Wildman–Crippen MR) is 93.5 cm³/mol. The fraction of sp³-hybridized carbons (Fsp3) is 0.353. The molecule has 1 atom stereocenters. The van der Waals surface area contributed by atoms with Crippen LogP contribution in [-0.4, -0.2) is 28.8 Å². The Morgan fingerprint density at radius 3 is 2.96 bits per heavy atom. The molecule has 1 heterocycles. The lowest BCUT2D eigenvalue weighted by molar-refractivity contribution is 0.0932. The highest BCUT2D eigenvalue weighted by Crippen LogP contribution is 2.23. The summed E-state index contributed by atoms with van der Waals surface area (Å²) in [7, 11) is 3.22. The van der Waals surface area contributed by atoms with Crippen molar-refractivity contribution in [3.63, 3.8) is 0 Å². The average molecular weight is 392 g/mol. The van der Waals surface area contributed by atoms with Crippen molar-refractivity contribution in [3.05, 3.63) is 55.9 Å². The van der Waals surface area contributed by atoms with Gasteiger partial charge in [-0.25, -0.2) is 4.68 Å². The zero-order chi connectivity index (χ0) is 17.3. The molecule has 0 fully saturated rings. The molecule has 2 aromatic rings. The summed E-state index contributed by atoms with van der Waals surface area (Å²) in [6.07, 6.45) is 2.16. The molecule has 1 aromatic carbocycles. The smallest absolute Gasteiger partial charge is 0.266 e. The number of fused-ring (bicyclic) bond motifs is 1. The molecule has 126 valence electrons. The number of hydrogen-bond donors (Lipinski definition) is 1. The van der Waals surface area contributed by atoms with Gasteiger partial charge in [-0.2, -0.15) is 5.10 Å². The number of ether oxygens (including phenoxy) is 1. The van der Waals surface area contributed by atoms with Crippen LogP contribution < -0.4 is 15.6 Å². The Morgan fingerprint density at radius 1 is 1.42 bits per heavy atom. The van der Waals surface area contributed by atoms with Gasteiger partial charge in [-0.1, -0.05) is 0 Å². The summed E-state index contributed by atoms with van der Waals surface area (Å²) in [6.45, 7) is 0. The average Bonchev–Trinajstić information content (AvgIpc) is 2.56. The van der Waals surface area contributed by atoms with Crippen LogP contribution in [0.3, 0.4) is 0 Å². The van der Waals surface area contributed by atoms with E-state index in [1.807, 2.05) is 0 Å². The quantitative estimate of drug-likeness (QED) is 0.865. The SMILES string of the molecule is COc1ccc(Br)c(C(=O)NC2CCc3nn(C)c(=O)cc3C2)c1. The van der Waals surface area contributed by atoms with Crippen LogP contribution in [-0.2, 0) is 19.9 Å². The van der Waals surface area contributed by atoms with E-state index in [0.29, 0.717) is 22.2 Å². The summed E-state index contributed by atoms with van der Waals surface area (Å²) in [5.41, 5.74) is 2.25. The van der Waals surface area contributed by atoms with Gasteiger partial charge in [0, 0.05) is 23.6 Å². The number of nitrogens with zero attached hydrogens (tertiary/aromatic N) is 2. The minimum atomic E-state index is -0.161. The first-order valence-electron chi connectivity index (χ1n) is 7.68. The minimum Gasteiger partial charge on any atom is -0.497 e. The Bertz CT molecular complexity index is 847. The van der Waals surface area contributed by atoms with Gasteiger partial charge < -0.3 is 10.1 Å². The molecule has 0 saturated carbocycles. The van der Waals surface area contributed by atoms with Crippen molar-refractivity contribution in [3.8, 4) is 5.75 Å². The minimum absolute atomic E-state index is 0.0167. The van der Waals surface area contributed by atoms with Gasteiger partial charge in [-0.05, 0) is 59.0 Å². The molecule has 0 radical (unpaired) electrons. The van der Waals surface area contributed by atoms with Crippen molar-refractivity contribution >= 4 is 21.8 Å². The molecule has 1 aromatic heterocycles. The first-order chi connectivity index (χ1) is 11.5. The first kappa shape index (κ1) is 16.7. The molecule has 0 aliphatic heterocycles. The Morgan fingerprint density at radius 2 is 2.21 bits per heavy atom. The maximum Gasteiger partial charge on any atom is 0.266 e. The second kappa shape index (κ2) is 6.76. The summed E-state index contributed by atoms with van der Waals surface area (Å²) in [6, 6.07) is 6.88. The van der Waals surface area contributed by atoms with Crippen LogP contribution in [0.25, 0.3) is 0 Å². The number of methoxy groups -OCH3 is 1. The molecule has 6 nitrogen and oxygen atoms in total. The molecule has 0 saturated heterocycles. The number of amides is 1. The number of rotatable bonds is 3. The van der Waals surface area contributed by atoms with Gasteiger partial charge in [0.1, 0.15) is 5.75 Å². The molecule has 1 N–H and O–H groups in total. The van der Waals surface area contributed by atoms with Gasteiger partial charge in [-0.3, -0.25) is 9.59 Å². The molecule has 1 aliphatic carbocycles. The lowest BCUT2D eigenvalue weighted by Crippen LogP contribution is -2.40. The number of halogens is 1. The molecule has 7 heteroatoms. The van der Waals surface area contributed by atoms with E-state index in [9.17, 15) is 9.59 Å². The second-order valence-electron chi connectivity index (χ2n) is 5.84. The van der Waals surface area contributed by atoms with E-state index in [1.54, 1.807) is 38.4 Å². The maximum absolute atomic E-state index is 12.6. The third-order valence-corrected chi connectivity index (χ3v) is 4.90. The van der Waals surface area contributed by atoms with E-state index in [1.165, 1.54) is 4.68 Å². The first-order valence-corrected chi connectivity index (χ1v) is 8.47. The van der Waals surface area contributed by atoms with Crippen LogP contribution in [0.1, 0.15) is 28.0 Å². The number of aromatic nitrogens is 2. The van der Waals surface area contributed by atoms with Gasteiger partial charge in [0.25, 0.3) is 11.5 Å². The molecule has 1 aliphatic rings. The molecule has 0 bridgehead atoms. The highest BCUT2D eigenvalue weighted by Gasteiger charge is 2.23. The van der Waals surface area contributed by atoms with Crippen LogP contribution in [0.4, 0.5) is 0 Å². The Hall–Kier alpha value is -2.15. The molecule has 3 rings (SSSR count). The van der Waals surface area contributed by atoms with Crippen molar-refractivity contribution < 1.29 is 9.53 Å². The van der Waals surface area contributed by atoms with E-state index < -0.39 is 0 Å². The number of benzene rings is 1. The monoisotopic (exact) mass is 391 g/mol. The fourth-order valence-electron chi connectivity index (χ4n) is 2.88. The summed E-state index contributed by atoms with van der Waals surface area (Å²) in [5, 5.41) is 7.33. The van der Waals surface area contributed by atoms with E-state index in [0.717, 1.165) is 24.1 Å². The standard InChI is InChI=1S/C17H18BrN3O3/c1-21-16(22)8-10-7-11(3-6-15(10)20-21)19-17(23)13-9-12(24-2)4-5-14(13)18/h4-5,8-9,11H,3,6-7H2,1-2H3,(H,19,23). The molecule has 0 spiro atoms. The van der Waals surface area contributed by atoms with Crippen LogP contribution in [0.15, 0.2) is 33.5 Å². The van der Waals surface area contributed by atoms with Gasteiger partial charge in [0.2, 0.25) is 0 Å². The van der Waals surface area contributed by atoms with Crippen LogP contribution in [0.2, 0.25) is 0 Å². The van der Waals surface area contributed by atoms with Gasteiger partial charge in [0.05, 0.1) is 18.4 Å². The molecule has 1 amide bonds. The zero-order valence-corrected chi connectivity index (χ0v) is 15.1. The van der Waals surface area contributed by atoms with Crippen molar-refractivity contribution in [2.24, 2.45) is 7.05 Å². The number of aryl methyl sites for hydroxylation is 2. The third kappa shape index (κ3) is 3.36. The summed E-state index contributed by atoms with van der Waals surface area (Å²) in [5.74, 6) is 0.469. The van der Waals surface area contributed by atoms with Gasteiger partial charge in [0.15, 0.2) is 0 Å². The largest absolute Gasteiger partial charge is 0.497 e. The van der Waals surface area contributed by atoms with Crippen LogP contribution >= 0.6 is 15.9 Å². The zero-order valence-electron chi connectivity index (χ0n) is 13.5. The normalized spacial score (nSPS) is 16.4. The van der Waals surface area contributed by atoms with Crippen LogP contribution in [0.5, 0.6) is 5.75 Å². The fourth-order valence-corrected chi connectivity index (χ4v) is 3.30. The van der Waals surface area contributed by atoms with Crippen molar-refractivity contribution in [1.29, 1.82) is 0 Å². The second-order valence-corrected chi connectivity index (χ2v) is 6.69. The van der Waals surface area contributed by atoms with Crippen molar-refractivity contribution in [2.75, 3.05) is 7.11 Å². The molecule has 24 heavy (non-hydrogen) atoms. The Kier molecular flexibility index (Phi) is 4.71. The number of carbonyl (C=O) groups excluding carboxylic acids is 1. The molecular formula is C17H18BrN3O3. The van der Waals surface area contributed by atoms with Gasteiger partial charge >= 0.3 is 0 Å². The summed E-state index contributed by atoms with van der Waals surface area (Å²) < 4.78 is 7.24. The highest BCUT2D eigenvalue weighted by molar-refractivity contribution is 9.10. The predicted octanol–water partition coefficient (Wildman–Crippen LogP) is 1.84. The maximum atomic E-state index is 12.6. The van der Waals surface area contributed by atoms with Crippen molar-refractivity contribution in [1.82, 2.24) is 15.1 Å². The lowest BCUT2D eigenvalue weighted by atomic mass is 9.92. The highest BCUT2D eigenvalue weighted by atomic mass is 79.9. The molecule has 1 unspecified atom stereocenters. The van der Waals surface area contributed by atoms with E-state index in [-0.39, 0.29) is 17.5 Å². The lowest BCUT2D eigenvalue weighted by Gasteiger charge is -2.25. The Labute approximate surface area is 148 Å². The molecular weight excluding hydrogens is 374 g/mol. The number of hydrogen-bond acceptors (Lipinski definition) is 4. The van der Waals surface area contributed by atoms with E-state index >= 15 is 0 Å². The van der Waals surface area contributed by atoms with E-state index in [2.05, 4.69) is 26.3 Å². The topological polar surface area (TPSA) is 73.2 Å². The van der Waals surface area contributed by atoms with Crippen molar-refractivity contribution in [2.45, 2.75) is 25.3 Å². The summed E-state index contributed by atoms with van der Waals surface area (Å²) >= 11 is 3.40. The number of nitrogens with one attached hydrogen (secondary N) is 1. The third-order valence-electron chi connectivity index (χ3n) is 4.21.